The van der Waals surface area contributed by atoms with Crippen molar-refractivity contribution in [3.05, 3.63) is 70.7 Å². The lowest BCUT2D eigenvalue weighted by Crippen LogP contribution is -2.56. The zero-order valence-electron chi connectivity index (χ0n) is 12.9. The summed E-state index contributed by atoms with van der Waals surface area (Å²) in [6, 6.07) is 18.5. The molecule has 0 saturated carbocycles. The number of benzene rings is 2. The lowest BCUT2D eigenvalue weighted by Gasteiger charge is -2.38. The lowest BCUT2D eigenvalue weighted by atomic mass is 10.1. The van der Waals surface area contributed by atoms with Gasteiger partial charge in [-0.25, -0.2) is 0 Å². The number of nitrogens with one attached hydrogen (secondary N) is 1. The van der Waals surface area contributed by atoms with E-state index in [1.807, 2.05) is 24.3 Å². The van der Waals surface area contributed by atoms with Crippen LogP contribution in [0.1, 0.15) is 11.1 Å². The van der Waals surface area contributed by atoms with E-state index in [-0.39, 0.29) is 0 Å². The minimum Gasteiger partial charge on any atom is -0.350 e. The Bertz CT molecular complexity index is 662. The first-order valence-corrected chi connectivity index (χ1v) is 8.53. The van der Waals surface area contributed by atoms with E-state index in [9.17, 15) is 0 Å². The average Bonchev–Trinajstić information content (AvgIpc) is 2.58. The van der Waals surface area contributed by atoms with E-state index >= 15 is 0 Å². The van der Waals surface area contributed by atoms with Crippen LogP contribution in [0.5, 0.6) is 0 Å². The van der Waals surface area contributed by atoms with Crippen LogP contribution in [0.3, 0.4) is 0 Å². The second-order valence-corrected chi connectivity index (χ2v) is 6.49. The minimum atomic E-state index is 0.756. The van der Waals surface area contributed by atoms with Crippen LogP contribution >= 0.6 is 23.8 Å². The molecule has 1 fully saturated rings. The van der Waals surface area contributed by atoms with Crippen molar-refractivity contribution in [1.82, 2.24) is 15.1 Å². The maximum atomic E-state index is 6.26. The first kappa shape index (κ1) is 16.2. The highest BCUT2D eigenvalue weighted by Gasteiger charge is 2.20. The van der Waals surface area contributed by atoms with Crippen LogP contribution in [0.15, 0.2) is 54.6 Å². The number of halogens is 1. The largest absolute Gasteiger partial charge is 0.350 e. The molecule has 0 aromatic heterocycles. The summed E-state index contributed by atoms with van der Waals surface area (Å²) in [6.07, 6.45) is 0.989. The van der Waals surface area contributed by atoms with Crippen LogP contribution in [0, 0.1) is 0 Å². The number of rotatable bonds is 5. The van der Waals surface area contributed by atoms with Gasteiger partial charge in [-0.05, 0) is 35.8 Å². The van der Waals surface area contributed by atoms with Crippen molar-refractivity contribution < 1.29 is 0 Å². The molecule has 0 bridgehead atoms. The number of thiocarbonyl (C=S) groups is 1. The smallest absolute Gasteiger partial charge is 0.171 e. The van der Waals surface area contributed by atoms with Crippen molar-refractivity contribution in [1.29, 1.82) is 0 Å². The first-order chi connectivity index (χ1) is 11.2. The fraction of sp³-hybridized carbons (Fsp3) is 0.278. The highest BCUT2D eigenvalue weighted by atomic mass is 35.5. The maximum Gasteiger partial charge on any atom is 0.171 e. The minimum absolute atomic E-state index is 0.756. The molecular weight excluding hydrogens is 326 g/mol. The van der Waals surface area contributed by atoms with Gasteiger partial charge in [0.05, 0.1) is 13.3 Å². The molecule has 2 aromatic carbocycles. The van der Waals surface area contributed by atoms with Crippen LogP contribution < -0.4 is 5.32 Å². The van der Waals surface area contributed by atoms with Crippen molar-refractivity contribution in [2.75, 3.05) is 19.9 Å². The molecule has 0 unspecified atom stereocenters. The topological polar surface area (TPSA) is 18.5 Å². The predicted octanol–water partition coefficient (Wildman–Crippen LogP) is 3.49. The summed E-state index contributed by atoms with van der Waals surface area (Å²) in [6.45, 7) is 3.31. The maximum absolute atomic E-state index is 6.26. The van der Waals surface area contributed by atoms with E-state index in [0.717, 1.165) is 48.5 Å². The van der Waals surface area contributed by atoms with E-state index in [0.29, 0.717) is 0 Å². The summed E-state index contributed by atoms with van der Waals surface area (Å²) in [5, 5.41) is 4.94. The van der Waals surface area contributed by atoms with Gasteiger partial charge in [0.2, 0.25) is 0 Å². The molecule has 3 nitrogen and oxygen atoms in total. The highest BCUT2D eigenvalue weighted by Crippen LogP contribution is 2.18. The monoisotopic (exact) mass is 345 g/mol. The van der Waals surface area contributed by atoms with Gasteiger partial charge >= 0.3 is 0 Å². The zero-order chi connectivity index (χ0) is 16.1. The Morgan fingerprint density at radius 2 is 1.78 bits per heavy atom. The van der Waals surface area contributed by atoms with Crippen LogP contribution in [0.25, 0.3) is 0 Å². The molecule has 0 radical (unpaired) electrons. The number of hydrogen-bond donors (Lipinski definition) is 1. The quantitative estimate of drug-likeness (QED) is 0.836. The van der Waals surface area contributed by atoms with Gasteiger partial charge in [-0.2, -0.15) is 0 Å². The summed E-state index contributed by atoms with van der Waals surface area (Å²) < 4.78 is 0. The van der Waals surface area contributed by atoms with Gasteiger partial charge in [-0.1, -0.05) is 60.1 Å². The Balaban J connectivity index is 1.58. The molecule has 120 valence electrons. The van der Waals surface area contributed by atoms with Crippen molar-refractivity contribution >= 4 is 28.9 Å². The van der Waals surface area contributed by atoms with E-state index in [1.54, 1.807) is 0 Å². The molecule has 23 heavy (non-hydrogen) atoms. The molecule has 0 atom stereocenters. The molecule has 1 N–H and O–H groups in total. The van der Waals surface area contributed by atoms with E-state index in [1.165, 1.54) is 5.56 Å². The standard InChI is InChI=1S/C18H20ClN3S/c19-17-9-5-4-8-16(17)12-21-13-20-18(23)22(14-21)11-10-15-6-2-1-3-7-15/h1-9H,10-14H2,(H,20,23). The molecule has 2 aromatic rings. The Morgan fingerprint density at radius 3 is 2.57 bits per heavy atom. The molecule has 1 heterocycles. The van der Waals surface area contributed by atoms with Gasteiger partial charge in [0.15, 0.2) is 5.11 Å². The van der Waals surface area contributed by atoms with Crippen LogP contribution in [-0.2, 0) is 13.0 Å². The lowest BCUT2D eigenvalue weighted by molar-refractivity contribution is 0.147. The molecule has 0 aliphatic carbocycles. The van der Waals surface area contributed by atoms with Crippen LogP contribution in [0.4, 0.5) is 0 Å². The molecule has 0 spiro atoms. The number of nitrogens with zero attached hydrogens (tertiary/aromatic N) is 2. The Labute approximate surface area is 147 Å². The van der Waals surface area contributed by atoms with Crippen molar-refractivity contribution in [2.45, 2.75) is 13.0 Å². The molecule has 3 rings (SSSR count). The van der Waals surface area contributed by atoms with Gasteiger partial charge < -0.3 is 10.2 Å². The Kier molecular flexibility index (Phi) is 5.49. The Morgan fingerprint density at radius 1 is 1.04 bits per heavy atom. The van der Waals surface area contributed by atoms with Gasteiger partial charge in [0.1, 0.15) is 0 Å². The summed E-state index contributed by atoms with van der Waals surface area (Å²) in [5.41, 5.74) is 2.48. The summed E-state index contributed by atoms with van der Waals surface area (Å²) in [4.78, 5) is 4.52. The number of hydrogen-bond acceptors (Lipinski definition) is 2. The second-order valence-electron chi connectivity index (χ2n) is 5.70. The van der Waals surface area contributed by atoms with Gasteiger partial charge in [-0.3, -0.25) is 4.90 Å². The van der Waals surface area contributed by atoms with Crippen molar-refractivity contribution in [2.24, 2.45) is 0 Å². The van der Waals surface area contributed by atoms with Crippen LogP contribution in [-0.4, -0.2) is 34.8 Å². The third kappa shape index (κ3) is 4.44. The summed E-state index contributed by atoms with van der Waals surface area (Å²) >= 11 is 11.7. The fourth-order valence-corrected chi connectivity index (χ4v) is 3.11. The Hall–Kier alpha value is -1.62. The molecule has 0 amide bonds. The third-order valence-electron chi connectivity index (χ3n) is 3.98. The fourth-order valence-electron chi connectivity index (χ4n) is 2.70. The predicted molar refractivity (Wildman–Crippen MR) is 99.3 cm³/mol. The van der Waals surface area contributed by atoms with E-state index < -0.39 is 0 Å². The van der Waals surface area contributed by atoms with E-state index in [2.05, 4.69) is 45.4 Å². The van der Waals surface area contributed by atoms with Gasteiger partial charge in [-0.15, -0.1) is 0 Å². The molecule has 1 aliphatic rings. The highest BCUT2D eigenvalue weighted by molar-refractivity contribution is 7.80. The third-order valence-corrected chi connectivity index (χ3v) is 4.75. The molecule has 1 saturated heterocycles. The van der Waals surface area contributed by atoms with Crippen molar-refractivity contribution in [3.63, 3.8) is 0 Å². The molecule has 1 aliphatic heterocycles. The first-order valence-electron chi connectivity index (χ1n) is 7.75. The average molecular weight is 346 g/mol. The van der Waals surface area contributed by atoms with Crippen LogP contribution in [0.2, 0.25) is 5.02 Å². The normalized spacial score (nSPS) is 15.5. The zero-order valence-corrected chi connectivity index (χ0v) is 14.5. The SMILES string of the molecule is S=C1NCN(Cc2ccccc2Cl)CN1CCc1ccccc1. The van der Waals surface area contributed by atoms with Gasteiger partial charge in [0, 0.05) is 18.1 Å². The van der Waals surface area contributed by atoms with E-state index in [4.69, 9.17) is 23.8 Å². The van der Waals surface area contributed by atoms with Crippen molar-refractivity contribution in [3.8, 4) is 0 Å². The summed E-state index contributed by atoms with van der Waals surface area (Å²) in [5.74, 6) is 0. The molecular formula is C18H20ClN3S. The molecule has 5 heteroatoms. The summed E-state index contributed by atoms with van der Waals surface area (Å²) in [7, 11) is 0. The van der Waals surface area contributed by atoms with Gasteiger partial charge in [0.25, 0.3) is 0 Å². The second kappa shape index (κ2) is 7.77.